The normalized spacial score (nSPS) is 22.2. The molecule has 2 aliphatic heterocycles. The summed E-state index contributed by atoms with van der Waals surface area (Å²) >= 11 is 0. The Hall–Kier alpha value is -1.59. The van der Waals surface area contributed by atoms with E-state index in [9.17, 15) is 14.4 Å². The van der Waals surface area contributed by atoms with Gasteiger partial charge in [-0.1, -0.05) is 0 Å². The Labute approximate surface area is 119 Å². The second-order valence-electron chi connectivity index (χ2n) is 6.05. The van der Waals surface area contributed by atoms with Crippen LogP contribution in [0.15, 0.2) is 0 Å². The maximum Gasteiger partial charge on any atom is 0.327 e. The van der Waals surface area contributed by atoms with Crippen molar-refractivity contribution in [3.63, 3.8) is 0 Å². The van der Waals surface area contributed by atoms with E-state index in [2.05, 4.69) is 0 Å². The molecule has 0 aromatic rings. The summed E-state index contributed by atoms with van der Waals surface area (Å²) in [7, 11) is 0. The first kappa shape index (κ1) is 14.8. The summed E-state index contributed by atoms with van der Waals surface area (Å²) in [5.74, 6) is -0.383. The molecule has 4 amide bonds. The third-order valence-corrected chi connectivity index (χ3v) is 3.97. The van der Waals surface area contributed by atoms with Gasteiger partial charge in [0.1, 0.15) is 12.6 Å². The minimum absolute atomic E-state index is 0.0510. The van der Waals surface area contributed by atoms with E-state index >= 15 is 0 Å². The molecule has 2 aliphatic rings. The molecule has 6 heteroatoms. The number of imide groups is 1. The molecule has 20 heavy (non-hydrogen) atoms. The second kappa shape index (κ2) is 5.42. The Balaban J connectivity index is 2.08. The number of carbonyl (C=O) groups is 3. The van der Waals surface area contributed by atoms with Crippen LogP contribution >= 0.6 is 0 Å². The van der Waals surface area contributed by atoms with Gasteiger partial charge >= 0.3 is 6.03 Å². The lowest BCUT2D eigenvalue weighted by Gasteiger charge is -2.32. The maximum absolute atomic E-state index is 12.4. The number of fused-ring (bicyclic) bond motifs is 1. The van der Waals surface area contributed by atoms with Crippen molar-refractivity contribution in [1.29, 1.82) is 0 Å². The number of nitrogens with zero attached hydrogens (tertiary/aromatic N) is 3. The van der Waals surface area contributed by atoms with Gasteiger partial charge in [0.05, 0.1) is 0 Å². The molecule has 0 radical (unpaired) electrons. The van der Waals surface area contributed by atoms with Gasteiger partial charge in [-0.2, -0.15) is 0 Å². The number of urea groups is 1. The standard InChI is InChI=1S/C14H23N3O3/c1-9(2)17(10(3)4)12(18)8-16-13(19)11-6-5-7-15(11)14(16)20/h9-11H,5-8H2,1-4H3. The van der Waals surface area contributed by atoms with Crippen LogP contribution in [-0.2, 0) is 9.59 Å². The van der Waals surface area contributed by atoms with Crippen molar-refractivity contribution in [3.8, 4) is 0 Å². The zero-order chi connectivity index (χ0) is 15.0. The molecular weight excluding hydrogens is 258 g/mol. The van der Waals surface area contributed by atoms with E-state index in [1.165, 1.54) is 0 Å². The van der Waals surface area contributed by atoms with Crippen LogP contribution in [0.25, 0.3) is 0 Å². The fourth-order valence-electron chi connectivity index (χ4n) is 3.22. The fourth-order valence-corrected chi connectivity index (χ4v) is 3.22. The molecule has 0 N–H and O–H groups in total. The highest BCUT2D eigenvalue weighted by Gasteiger charge is 2.48. The largest absolute Gasteiger partial charge is 0.336 e. The molecule has 1 atom stereocenters. The first-order valence-electron chi connectivity index (χ1n) is 7.27. The average molecular weight is 281 g/mol. The van der Waals surface area contributed by atoms with Crippen LogP contribution in [0.4, 0.5) is 4.79 Å². The van der Waals surface area contributed by atoms with Gasteiger partial charge < -0.3 is 9.80 Å². The van der Waals surface area contributed by atoms with Gasteiger partial charge in [-0.25, -0.2) is 4.79 Å². The van der Waals surface area contributed by atoms with E-state index in [-0.39, 0.29) is 42.5 Å². The number of hydrogen-bond acceptors (Lipinski definition) is 3. The van der Waals surface area contributed by atoms with Gasteiger partial charge in [0.15, 0.2) is 0 Å². The molecule has 2 heterocycles. The van der Waals surface area contributed by atoms with Gasteiger partial charge in [0, 0.05) is 18.6 Å². The predicted molar refractivity (Wildman–Crippen MR) is 74.0 cm³/mol. The molecule has 112 valence electrons. The lowest BCUT2D eigenvalue weighted by Crippen LogP contribution is -2.48. The average Bonchev–Trinajstić information content (AvgIpc) is 2.88. The minimum atomic E-state index is -0.332. The summed E-state index contributed by atoms with van der Waals surface area (Å²) in [6.45, 7) is 8.22. The summed E-state index contributed by atoms with van der Waals surface area (Å²) in [6.07, 6.45) is 1.58. The molecule has 0 aliphatic carbocycles. The van der Waals surface area contributed by atoms with Gasteiger partial charge in [-0.05, 0) is 40.5 Å². The summed E-state index contributed by atoms with van der Waals surface area (Å²) in [5, 5.41) is 0. The van der Waals surface area contributed by atoms with Crippen LogP contribution in [0.5, 0.6) is 0 Å². The van der Waals surface area contributed by atoms with Crippen LogP contribution in [0.2, 0.25) is 0 Å². The molecule has 2 saturated heterocycles. The van der Waals surface area contributed by atoms with Crippen molar-refractivity contribution in [2.24, 2.45) is 0 Å². The van der Waals surface area contributed by atoms with Crippen molar-refractivity contribution < 1.29 is 14.4 Å². The fraction of sp³-hybridized carbons (Fsp3) is 0.786. The zero-order valence-corrected chi connectivity index (χ0v) is 12.6. The van der Waals surface area contributed by atoms with Crippen LogP contribution in [-0.4, -0.2) is 63.8 Å². The third-order valence-electron chi connectivity index (χ3n) is 3.97. The van der Waals surface area contributed by atoms with Gasteiger partial charge in [0.25, 0.3) is 5.91 Å². The Morgan fingerprint density at radius 3 is 2.35 bits per heavy atom. The Kier molecular flexibility index (Phi) is 4.01. The van der Waals surface area contributed by atoms with Gasteiger partial charge in [-0.3, -0.25) is 14.5 Å². The van der Waals surface area contributed by atoms with E-state index in [1.807, 2.05) is 27.7 Å². The lowest BCUT2D eigenvalue weighted by molar-refractivity contribution is -0.139. The quantitative estimate of drug-likeness (QED) is 0.724. The van der Waals surface area contributed by atoms with Crippen LogP contribution in [0, 0.1) is 0 Å². The summed E-state index contributed by atoms with van der Waals surface area (Å²) in [5.41, 5.74) is 0. The zero-order valence-electron chi connectivity index (χ0n) is 12.6. The van der Waals surface area contributed by atoms with E-state index < -0.39 is 0 Å². The van der Waals surface area contributed by atoms with Crippen molar-refractivity contribution in [3.05, 3.63) is 0 Å². The Bertz CT molecular complexity index is 403. The predicted octanol–water partition coefficient (Wildman–Crippen LogP) is 1.06. The number of amides is 4. The first-order chi connectivity index (χ1) is 9.34. The molecule has 0 spiro atoms. The monoisotopic (exact) mass is 281 g/mol. The molecule has 0 saturated carbocycles. The highest BCUT2D eigenvalue weighted by Crippen LogP contribution is 2.27. The molecule has 1 unspecified atom stereocenters. The number of hydrogen-bond donors (Lipinski definition) is 0. The summed E-state index contributed by atoms with van der Waals surface area (Å²) in [6, 6.07) is -0.537. The van der Waals surface area contributed by atoms with E-state index in [0.717, 1.165) is 11.3 Å². The van der Waals surface area contributed by atoms with Crippen LogP contribution in [0.1, 0.15) is 40.5 Å². The van der Waals surface area contributed by atoms with Crippen molar-refractivity contribution in [1.82, 2.24) is 14.7 Å². The smallest absolute Gasteiger partial charge is 0.327 e. The molecule has 0 aromatic heterocycles. The van der Waals surface area contributed by atoms with Gasteiger partial charge in [0.2, 0.25) is 5.91 Å². The molecule has 2 rings (SSSR count). The highest BCUT2D eigenvalue weighted by molar-refractivity contribution is 6.06. The highest BCUT2D eigenvalue weighted by atomic mass is 16.2. The van der Waals surface area contributed by atoms with E-state index in [0.29, 0.717) is 13.0 Å². The first-order valence-corrected chi connectivity index (χ1v) is 7.27. The molecular formula is C14H23N3O3. The second-order valence-corrected chi connectivity index (χ2v) is 6.05. The number of carbonyl (C=O) groups excluding carboxylic acids is 3. The van der Waals surface area contributed by atoms with Crippen molar-refractivity contribution in [2.45, 2.75) is 58.7 Å². The maximum atomic E-state index is 12.4. The Morgan fingerprint density at radius 1 is 1.25 bits per heavy atom. The molecule has 0 bridgehead atoms. The summed E-state index contributed by atoms with van der Waals surface area (Å²) < 4.78 is 0. The third kappa shape index (κ3) is 2.39. The molecule has 0 aromatic carbocycles. The van der Waals surface area contributed by atoms with Crippen LogP contribution < -0.4 is 0 Å². The minimum Gasteiger partial charge on any atom is -0.336 e. The van der Waals surface area contributed by atoms with Crippen molar-refractivity contribution >= 4 is 17.8 Å². The van der Waals surface area contributed by atoms with Crippen LogP contribution in [0.3, 0.4) is 0 Å². The molecule has 2 fully saturated rings. The number of rotatable bonds is 4. The van der Waals surface area contributed by atoms with E-state index in [4.69, 9.17) is 0 Å². The SMILES string of the molecule is CC(C)N(C(=O)CN1C(=O)C2CCCN2C1=O)C(C)C. The van der Waals surface area contributed by atoms with Gasteiger partial charge in [-0.15, -0.1) is 0 Å². The lowest BCUT2D eigenvalue weighted by atomic mass is 10.2. The summed E-state index contributed by atoms with van der Waals surface area (Å²) in [4.78, 5) is 41.1. The topological polar surface area (TPSA) is 60.9 Å². The van der Waals surface area contributed by atoms with Crippen molar-refractivity contribution in [2.75, 3.05) is 13.1 Å². The van der Waals surface area contributed by atoms with E-state index in [1.54, 1.807) is 9.80 Å². The molecule has 6 nitrogen and oxygen atoms in total. The Morgan fingerprint density at radius 2 is 1.85 bits per heavy atom.